The molecule has 0 saturated heterocycles. The summed E-state index contributed by atoms with van der Waals surface area (Å²) < 4.78 is 0. The molecular formula is C53H64OS7. The van der Waals surface area contributed by atoms with Crippen molar-refractivity contribution in [1.82, 2.24) is 0 Å². The highest BCUT2D eigenvalue weighted by atomic mass is 32.1. The van der Waals surface area contributed by atoms with Gasteiger partial charge in [0.25, 0.3) is 0 Å². The van der Waals surface area contributed by atoms with Crippen LogP contribution < -0.4 is 0 Å². The number of carbonyl (C=O) groups is 1. The minimum absolute atomic E-state index is 0.796. The topological polar surface area (TPSA) is 17.1 Å². The molecule has 61 heavy (non-hydrogen) atoms. The Hall–Kier alpha value is -2.43. The van der Waals surface area contributed by atoms with Crippen molar-refractivity contribution >= 4 is 85.6 Å². The van der Waals surface area contributed by atoms with E-state index in [0.717, 1.165) is 36.8 Å². The van der Waals surface area contributed by atoms with Crippen LogP contribution in [0.25, 0.3) is 60.6 Å². The number of unbranched alkanes of at least 4 members (excludes halogenated alkanes) is 12. The average molecular weight is 942 g/mol. The SMILES string of the molecule is CCCCCCc1ccc(-c2cc(-c3cc(C=O)sc3-c3cc(-c4ccc(CCCCCC)s4)c(-c4ccc(CCCCCC)s4)s3)sc2-c2ccc(CCCCCC)s2)s1. The van der Waals surface area contributed by atoms with Crippen LogP contribution in [0.4, 0.5) is 0 Å². The monoisotopic (exact) mass is 940 g/mol. The van der Waals surface area contributed by atoms with Gasteiger partial charge < -0.3 is 0 Å². The van der Waals surface area contributed by atoms with Gasteiger partial charge in [-0.3, -0.25) is 4.79 Å². The average Bonchev–Trinajstić information content (AvgIpc) is 4.12. The third-order valence-electron chi connectivity index (χ3n) is 11.6. The summed E-state index contributed by atoms with van der Waals surface area (Å²) in [6, 6.07) is 26.1. The zero-order valence-electron chi connectivity index (χ0n) is 36.8. The lowest BCUT2D eigenvalue weighted by atomic mass is 10.1. The fourth-order valence-electron chi connectivity index (χ4n) is 8.08. The molecule has 0 radical (unpaired) electrons. The molecule has 324 valence electrons. The summed E-state index contributed by atoms with van der Waals surface area (Å²) in [7, 11) is 0. The van der Waals surface area contributed by atoms with Gasteiger partial charge in [0, 0.05) is 65.5 Å². The maximum absolute atomic E-state index is 12.6. The molecular weight excluding hydrogens is 877 g/mol. The molecule has 0 aromatic carbocycles. The van der Waals surface area contributed by atoms with Gasteiger partial charge in [0.05, 0.1) is 19.5 Å². The summed E-state index contributed by atoms with van der Waals surface area (Å²) in [6.07, 6.45) is 26.3. The summed E-state index contributed by atoms with van der Waals surface area (Å²) >= 11 is 13.4. The first kappa shape index (κ1) is 46.6. The lowest BCUT2D eigenvalue weighted by Crippen LogP contribution is -1.80. The van der Waals surface area contributed by atoms with Crippen molar-refractivity contribution in [2.24, 2.45) is 0 Å². The molecule has 7 rings (SSSR count). The molecule has 1 nitrogen and oxygen atoms in total. The Morgan fingerprint density at radius 2 is 0.689 bits per heavy atom. The molecule has 0 unspecified atom stereocenters. The number of aldehydes is 1. The Balaban J connectivity index is 1.27. The fraction of sp³-hybridized carbons (Fsp3) is 0.453. The smallest absolute Gasteiger partial charge is 0.160 e. The van der Waals surface area contributed by atoms with Crippen molar-refractivity contribution in [2.75, 3.05) is 0 Å². The van der Waals surface area contributed by atoms with E-state index in [4.69, 9.17) is 0 Å². The van der Waals surface area contributed by atoms with Gasteiger partial charge in [0.1, 0.15) is 0 Å². The van der Waals surface area contributed by atoms with Crippen LogP contribution in [0.2, 0.25) is 0 Å². The maximum atomic E-state index is 12.6. The van der Waals surface area contributed by atoms with Crippen LogP contribution >= 0.6 is 79.4 Å². The molecule has 0 N–H and O–H groups in total. The van der Waals surface area contributed by atoms with E-state index in [-0.39, 0.29) is 0 Å². The first-order valence-corrected chi connectivity index (χ1v) is 29.0. The van der Waals surface area contributed by atoms with E-state index in [1.165, 1.54) is 183 Å². The molecule has 0 bridgehead atoms. The number of thiophene rings is 7. The third kappa shape index (κ3) is 12.4. The molecule has 7 aromatic heterocycles. The normalized spacial score (nSPS) is 11.7. The molecule has 0 saturated carbocycles. The van der Waals surface area contributed by atoms with Crippen LogP contribution in [0.15, 0.2) is 66.7 Å². The van der Waals surface area contributed by atoms with E-state index in [0.29, 0.717) is 0 Å². The van der Waals surface area contributed by atoms with Crippen LogP contribution in [0, 0.1) is 0 Å². The van der Waals surface area contributed by atoms with Crippen molar-refractivity contribution in [2.45, 2.75) is 156 Å². The zero-order valence-corrected chi connectivity index (χ0v) is 42.6. The number of aryl methyl sites for hydroxylation is 4. The molecule has 7 aromatic rings. The quantitative estimate of drug-likeness (QED) is 0.0371. The molecule has 0 aliphatic rings. The molecule has 0 fully saturated rings. The summed E-state index contributed by atoms with van der Waals surface area (Å²) in [5, 5.41) is 0. The van der Waals surface area contributed by atoms with Crippen LogP contribution in [-0.4, -0.2) is 6.29 Å². The standard InChI is InChI=1S/C53H64OS7/c1-5-9-13-17-21-37-25-29-45(55-37)43-34-49(60-51(43)47-31-27-39(57-47)23-19-15-11-7-3)42-33-41(36-54)59-53(42)50-35-44(46-30-26-38(56-46)22-18-14-10-6-2)52(61-50)48-32-28-40(58-48)24-20-16-12-8-4/h25-36H,5-24H2,1-4H3. The highest BCUT2D eigenvalue weighted by molar-refractivity contribution is 7.29. The van der Waals surface area contributed by atoms with Gasteiger partial charge in [-0.2, -0.15) is 0 Å². The highest BCUT2D eigenvalue weighted by Gasteiger charge is 2.24. The van der Waals surface area contributed by atoms with Crippen LogP contribution in [-0.2, 0) is 25.7 Å². The molecule has 0 atom stereocenters. The lowest BCUT2D eigenvalue weighted by molar-refractivity contribution is 0.112. The van der Waals surface area contributed by atoms with E-state index < -0.39 is 0 Å². The van der Waals surface area contributed by atoms with Crippen LogP contribution in [0.1, 0.15) is 160 Å². The van der Waals surface area contributed by atoms with E-state index in [2.05, 4.69) is 94.4 Å². The number of rotatable bonds is 27. The molecule has 0 aliphatic carbocycles. The van der Waals surface area contributed by atoms with Crippen molar-refractivity contribution in [3.05, 3.63) is 91.1 Å². The van der Waals surface area contributed by atoms with Gasteiger partial charge >= 0.3 is 0 Å². The highest BCUT2D eigenvalue weighted by Crippen LogP contribution is 2.54. The molecule has 0 aliphatic heterocycles. The van der Waals surface area contributed by atoms with Gasteiger partial charge in [-0.15, -0.1) is 79.4 Å². The van der Waals surface area contributed by atoms with E-state index >= 15 is 0 Å². The van der Waals surface area contributed by atoms with Gasteiger partial charge in [-0.1, -0.05) is 105 Å². The predicted octanol–water partition coefficient (Wildman–Crippen LogP) is 20.4. The number of carbonyl (C=O) groups excluding carboxylic acids is 1. The predicted molar refractivity (Wildman–Crippen MR) is 281 cm³/mol. The van der Waals surface area contributed by atoms with Gasteiger partial charge in [0.2, 0.25) is 0 Å². The van der Waals surface area contributed by atoms with Crippen molar-refractivity contribution in [3.8, 4) is 60.6 Å². The van der Waals surface area contributed by atoms with Crippen LogP contribution in [0.3, 0.4) is 0 Å². The molecule has 7 heterocycles. The second-order valence-corrected chi connectivity index (χ2v) is 24.4. The third-order valence-corrected chi connectivity index (χ3v) is 20.1. The van der Waals surface area contributed by atoms with Gasteiger partial charge in [0.15, 0.2) is 6.29 Å². The van der Waals surface area contributed by atoms with Crippen molar-refractivity contribution in [3.63, 3.8) is 0 Å². The molecule has 8 heteroatoms. The first-order valence-electron chi connectivity index (χ1n) is 23.2. The first-order chi connectivity index (χ1) is 30.0. The Morgan fingerprint density at radius 3 is 1.10 bits per heavy atom. The minimum Gasteiger partial charge on any atom is -0.297 e. The second-order valence-electron chi connectivity index (χ2n) is 16.5. The number of hydrogen-bond donors (Lipinski definition) is 0. The van der Waals surface area contributed by atoms with E-state index in [9.17, 15) is 4.79 Å². The zero-order chi connectivity index (χ0) is 42.4. The Kier molecular flexibility index (Phi) is 18.3. The summed E-state index contributed by atoms with van der Waals surface area (Å²) in [6.45, 7) is 9.16. The lowest BCUT2D eigenvalue weighted by Gasteiger charge is -2.00. The minimum atomic E-state index is 0.796. The second kappa shape index (κ2) is 24.0. The van der Waals surface area contributed by atoms with E-state index in [1.807, 2.05) is 68.0 Å². The molecule has 0 amide bonds. The van der Waals surface area contributed by atoms with E-state index in [1.54, 1.807) is 11.3 Å². The Labute approximate surface area is 395 Å². The van der Waals surface area contributed by atoms with Gasteiger partial charge in [-0.05, 0) is 118 Å². The largest absolute Gasteiger partial charge is 0.297 e. The van der Waals surface area contributed by atoms with Gasteiger partial charge in [-0.25, -0.2) is 0 Å². The summed E-state index contributed by atoms with van der Waals surface area (Å²) in [5.74, 6) is 0. The van der Waals surface area contributed by atoms with Crippen molar-refractivity contribution in [1.29, 1.82) is 0 Å². The summed E-state index contributed by atoms with van der Waals surface area (Å²) in [5.41, 5.74) is 3.89. The molecule has 0 spiro atoms. The Bertz CT molecular complexity index is 2080. The Morgan fingerprint density at radius 1 is 0.344 bits per heavy atom. The maximum Gasteiger partial charge on any atom is 0.160 e. The van der Waals surface area contributed by atoms with Crippen LogP contribution in [0.5, 0.6) is 0 Å². The fourth-order valence-corrected chi connectivity index (χ4v) is 16.2. The summed E-state index contributed by atoms with van der Waals surface area (Å²) in [4.78, 5) is 31.3. The number of hydrogen-bond acceptors (Lipinski definition) is 8. The van der Waals surface area contributed by atoms with Crippen molar-refractivity contribution < 1.29 is 4.79 Å².